The Labute approximate surface area is 106 Å². The second kappa shape index (κ2) is 4.59. The molecule has 88 valence electrons. The standard InChI is InChI=1S/C16H14N2/c17-10-12-3-1-5-14(9-12)15-6-2-4-13-7-8-18-11-16(13)15/h1-9,11H,10,17H2. The minimum atomic E-state index is 0.566. The molecule has 0 radical (unpaired) electrons. The van der Waals surface area contributed by atoms with E-state index in [0.717, 1.165) is 5.56 Å². The van der Waals surface area contributed by atoms with Crippen LogP contribution in [0.15, 0.2) is 60.9 Å². The first-order valence-corrected chi connectivity index (χ1v) is 6.00. The lowest BCUT2D eigenvalue weighted by Crippen LogP contribution is -1.95. The lowest BCUT2D eigenvalue weighted by atomic mass is 9.98. The Kier molecular flexibility index (Phi) is 2.79. The molecule has 0 aliphatic heterocycles. The average Bonchev–Trinajstić information content (AvgIpc) is 2.47. The molecule has 1 heterocycles. The summed E-state index contributed by atoms with van der Waals surface area (Å²) in [5.41, 5.74) is 9.24. The molecule has 0 saturated carbocycles. The van der Waals surface area contributed by atoms with Gasteiger partial charge in [-0.3, -0.25) is 4.98 Å². The van der Waals surface area contributed by atoms with Crippen molar-refractivity contribution in [1.82, 2.24) is 4.98 Å². The van der Waals surface area contributed by atoms with Crippen LogP contribution in [0.25, 0.3) is 21.9 Å². The number of pyridine rings is 1. The van der Waals surface area contributed by atoms with Crippen molar-refractivity contribution in [2.45, 2.75) is 6.54 Å². The van der Waals surface area contributed by atoms with E-state index in [9.17, 15) is 0 Å². The number of hydrogen-bond acceptors (Lipinski definition) is 2. The summed E-state index contributed by atoms with van der Waals surface area (Å²) in [6.45, 7) is 0.566. The molecule has 0 atom stereocenters. The summed E-state index contributed by atoms with van der Waals surface area (Å²) in [4.78, 5) is 4.22. The molecule has 18 heavy (non-hydrogen) atoms. The summed E-state index contributed by atoms with van der Waals surface area (Å²) >= 11 is 0. The van der Waals surface area contributed by atoms with Gasteiger partial charge in [0.15, 0.2) is 0 Å². The highest BCUT2D eigenvalue weighted by Crippen LogP contribution is 2.28. The summed E-state index contributed by atoms with van der Waals surface area (Å²) in [6.07, 6.45) is 3.74. The molecule has 0 bridgehead atoms. The first-order chi connectivity index (χ1) is 8.88. The van der Waals surface area contributed by atoms with Gasteiger partial charge in [0.1, 0.15) is 0 Å². The minimum Gasteiger partial charge on any atom is -0.326 e. The maximum absolute atomic E-state index is 5.70. The monoisotopic (exact) mass is 234 g/mol. The van der Waals surface area contributed by atoms with Crippen LogP contribution in [-0.2, 0) is 6.54 Å². The van der Waals surface area contributed by atoms with Crippen molar-refractivity contribution in [3.05, 3.63) is 66.5 Å². The first kappa shape index (κ1) is 10.9. The lowest BCUT2D eigenvalue weighted by Gasteiger charge is -2.07. The second-order valence-electron chi connectivity index (χ2n) is 4.31. The van der Waals surface area contributed by atoms with Crippen molar-refractivity contribution in [2.24, 2.45) is 5.73 Å². The Bertz CT molecular complexity index is 684. The van der Waals surface area contributed by atoms with Crippen LogP contribution in [-0.4, -0.2) is 4.98 Å². The third kappa shape index (κ3) is 1.87. The Hall–Kier alpha value is -2.19. The van der Waals surface area contributed by atoms with Gasteiger partial charge in [-0.1, -0.05) is 36.4 Å². The van der Waals surface area contributed by atoms with Crippen LogP contribution in [0.2, 0.25) is 0 Å². The quantitative estimate of drug-likeness (QED) is 0.738. The zero-order valence-corrected chi connectivity index (χ0v) is 10.0. The normalized spacial score (nSPS) is 10.7. The van der Waals surface area contributed by atoms with Crippen molar-refractivity contribution in [1.29, 1.82) is 0 Å². The van der Waals surface area contributed by atoms with Crippen LogP contribution >= 0.6 is 0 Å². The number of nitrogens with two attached hydrogens (primary N) is 1. The largest absolute Gasteiger partial charge is 0.326 e. The predicted octanol–water partition coefficient (Wildman–Crippen LogP) is 3.36. The second-order valence-corrected chi connectivity index (χ2v) is 4.31. The fourth-order valence-corrected chi connectivity index (χ4v) is 2.23. The van der Waals surface area contributed by atoms with Gasteiger partial charge in [-0.15, -0.1) is 0 Å². The first-order valence-electron chi connectivity index (χ1n) is 6.00. The highest BCUT2D eigenvalue weighted by Gasteiger charge is 2.03. The molecule has 3 rings (SSSR count). The highest BCUT2D eigenvalue weighted by molar-refractivity contribution is 5.96. The molecule has 2 heteroatoms. The SMILES string of the molecule is NCc1cccc(-c2cccc3ccncc23)c1. The Morgan fingerprint density at radius 2 is 1.89 bits per heavy atom. The molecule has 3 aromatic rings. The molecular formula is C16H14N2. The predicted molar refractivity (Wildman–Crippen MR) is 75.1 cm³/mol. The van der Waals surface area contributed by atoms with Crippen LogP contribution in [0, 0.1) is 0 Å². The minimum absolute atomic E-state index is 0.566. The zero-order chi connectivity index (χ0) is 12.4. The molecule has 0 aliphatic rings. The molecule has 0 aliphatic carbocycles. The van der Waals surface area contributed by atoms with Crippen molar-refractivity contribution in [3.8, 4) is 11.1 Å². The Morgan fingerprint density at radius 3 is 2.78 bits per heavy atom. The number of hydrogen-bond donors (Lipinski definition) is 1. The average molecular weight is 234 g/mol. The van der Waals surface area contributed by atoms with E-state index in [1.165, 1.54) is 21.9 Å². The fourth-order valence-electron chi connectivity index (χ4n) is 2.23. The van der Waals surface area contributed by atoms with Gasteiger partial charge in [-0.25, -0.2) is 0 Å². The van der Waals surface area contributed by atoms with Crippen LogP contribution < -0.4 is 5.73 Å². The summed E-state index contributed by atoms with van der Waals surface area (Å²) in [5, 5.41) is 2.38. The lowest BCUT2D eigenvalue weighted by molar-refractivity contribution is 1.07. The molecule has 2 nitrogen and oxygen atoms in total. The molecule has 2 aromatic carbocycles. The van der Waals surface area contributed by atoms with Gasteiger partial charge in [-0.05, 0) is 34.2 Å². The maximum Gasteiger partial charge on any atom is 0.0352 e. The molecule has 0 amide bonds. The summed E-state index contributed by atoms with van der Waals surface area (Å²) in [6, 6.07) is 16.7. The topological polar surface area (TPSA) is 38.9 Å². The van der Waals surface area contributed by atoms with Gasteiger partial charge in [0, 0.05) is 24.3 Å². The van der Waals surface area contributed by atoms with Crippen LogP contribution in [0.3, 0.4) is 0 Å². The van der Waals surface area contributed by atoms with Crippen LogP contribution in [0.4, 0.5) is 0 Å². The summed E-state index contributed by atoms with van der Waals surface area (Å²) < 4.78 is 0. The third-order valence-electron chi connectivity index (χ3n) is 3.16. The third-order valence-corrected chi connectivity index (χ3v) is 3.16. The van der Waals surface area contributed by atoms with E-state index in [1.807, 2.05) is 30.6 Å². The van der Waals surface area contributed by atoms with Crippen molar-refractivity contribution >= 4 is 10.8 Å². The molecule has 2 N–H and O–H groups in total. The van der Waals surface area contributed by atoms with E-state index in [2.05, 4.69) is 35.3 Å². The Balaban J connectivity index is 2.24. The molecule has 0 fully saturated rings. The van der Waals surface area contributed by atoms with Crippen LogP contribution in [0.1, 0.15) is 5.56 Å². The molecule has 1 aromatic heterocycles. The number of rotatable bonds is 2. The van der Waals surface area contributed by atoms with Gasteiger partial charge in [0.05, 0.1) is 0 Å². The molecule has 0 unspecified atom stereocenters. The van der Waals surface area contributed by atoms with Crippen molar-refractivity contribution in [3.63, 3.8) is 0 Å². The zero-order valence-electron chi connectivity index (χ0n) is 10.0. The maximum atomic E-state index is 5.70. The molecule has 0 saturated heterocycles. The van der Waals surface area contributed by atoms with E-state index in [-0.39, 0.29) is 0 Å². The molecular weight excluding hydrogens is 220 g/mol. The van der Waals surface area contributed by atoms with E-state index in [0.29, 0.717) is 6.54 Å². The van der Waals surface area contributed by atoms with Crippen LogP contribution in [0.5, 0.6) is 0 Å². The van der Waals surface area contributed by atoms with Crippen molar-refractivity contribution in [2.75, 3.05) is 0 Å². The van der Waals surface area contributed by atoms with Gasteiger partial charge >= 0.3 is 0 Å². The summed E-state index contributed by atoms with van der Waals surface area (Å²) in [7, 11) is 0. The van der Waals surface area contributed by atoms with Gasteiger partial charge in [0.2, 0.25) is 0 Å². The number of fused-ring (bicyclic) bond motifs is 1. The Morgan fingerprint density at radius 1 is 1.00 bits per heavy atom. The summed E-state index contributed by atoms with van der Waals surface area (Å²) in [5.74, 6) is 0. The van der Waals surface area contributed by atoms with Gasteiger partial charge < -0.3 is 5.73 Å². The number of nitrogens with zero attached hydrogens (tertiary/aromatic N) is 1. The van der Waals surface area contributed by atoms with Gasteiger partial charge in [-0.2, -0.15) is 0 Å². The van der Waals surface area contributed by atoms with Crippen molar-refractivity contribution < 1.29 is 0 Å². The van der Waals surface area contributed by atoms with E-state index < -0.39 is 0 Å². The van der Waals surface area contributed by atoms with E-state index in [1.54, 1.807) is 0 Å². The molecule has 0 spiro atoms. The van der Waals surface area contributed by atoms with E-state index in [4.69, 9.17) is 5.73 Å². The van der Waals surface area contributed by atoms with Gasteiger partial charge in [0.25, 0.3) is 0 Å². The fraction of sp³-hybridized carbons (Fsp3) is 0.0625. The number of benzene rings is 2. The number of aromatic nitrogens is 1. The van der Waals surface area contributed by atoms with E-state index >= 15 is 0 Å². The highest BCUT2D eigenvalue weighted by atomic mass is 14.6. The smallest absolute Gasteiger partial charge is 0.0352 e.